The van der Waals surface area contributed by atoms with Crippen LogP contribution in [-0.2, 0) is 11.3 Å². The minimum absolute atomic E-state index is 0.0203. The molecule has 4 heteroatoms. The molecule has 0 heterocycles. The van der Waals surface area contributed by atoms with Crippen LogP contribution in [0.5, 0.6) is 0 Å². The zero-order valence-corrected chi connectivity index (χ0v) is 13.6. The van der Waals surface area contributed by atoms with E-state index in [4.69, 9.17) is 5.73 Å². The maximum Gasteiger partial charge on any atom is 0.227 e. The van der Waals surface area contributed by atoms with Gasteiger partial charge in [0, 0.05) is 19.1 Å². The average Bonchev–Trinajstić information content (AvgIpc) is 2.58. The smallest absolute Gasteiger partial charge is 0.227 e. The van der Waals surface area contributed by atoms with Crippen LogP contribution >= 0.6 is 0 Å². The fraction of sp³-hybridized carbons (Fsp3) is 0.316. The van der Waals surface area contributed by atoms with E-state index in [9.17, 15) is 9.18 Å². The lowest BCUT2D eigenvalue weighted by atomic mass is 9.94. The molecule has 0 aromatic heterocycles. The van der Waals surface area contributed by atoms with Gasteiger partial charge in [-0.25, -0.2) is 4.39 Å². The van der Waals surface area contributed by atoms with Crippen molar-refractivity contribution < 1.29 is 9.18 Å². The van der Waals surface area contributed by atoms with Crippen molar-refractivity contribution in [3.05, 3.63) is 71.5 Å². The van der Waals surface area contributed by atoms with Crippen LogP contribution in [0.2, 0.25) is 0 Å². The summed E-state index contributed by atoms with van der Waals surface area (Å²) in [6.07, 6.45) is 0. The van der Waals surface area contributed by atoms with Crippen LogP contribution < -0.4 is 5.73 Å². The molecule has 1 amide bonds. The Kier molecular flexibility index (Phi) is 5.88. The third-order valence-corrected chi connectivity index (χ3v) is 4.07. The zero-order chi connectivity index (χ0) is 16.8. The Hall–Kier alpha value is -2.20. The first-order valence-corrected chi connectivity index (χ1v) is 7.86. The Morgan fingerprint density at radius 3 is 2.48 bits per heavy atom. The Morgan fingerprint density at radius 1 is 1.17 bits per heavy atom. The molecule has 122 valence electrons. The van der Waals surface area contributed by atoms with Crippen LogP contribution in [0.1, 0.15) is 31.0 Å². The molecule has 0 bridgehead atoms. The van der Waals surface area contributed by atoms with Gasteiger partial charge in [-0.15, -0.1) is 0 Å². The average molecular weight is 314 g/mol. The van der Waals surface area contributed by atoms with E-state index in [0.29, 0.717) is 13.1 Å². The molecule has 2 rings (SSSR count). The molecule has 0 radical (unpaired) electrons. The molecule has 0 aliphatic heterocycles. The third-order valence-electron chi connectivity index (χ3n) is 4.07. The summed E-state index contributed by atoms with van der Waals surface area (Å²) in [5, 5.41) is 0. The molecule has 2 unspecified atom stereocenters. The molecule has 0 saturated carbocycles. The van der Waals surface area contributed by atoms with Crippen molar-refractivity contribution in [1.29, 1.82) is 0 Å². The number of amides is 1. The monoisotopic (exact) mass is 314 g/mol. The largest absolute Gasteiger partial charge is 0.338 e. The van der Waals surface area contributed by atoms with Crippen LogP contribution in [-0.4, -0.2) is 17.4 Å². The fourth-order valence-electron chi connectivity index (χ4n) is 2.61. The highest BCUT2D eigenvalue weighted by Crippen LogP contribution is 2.22. The van der Waals surface area contributed by atoms with Crippen LogP contribution in [0.3, 0.4) is 0 Å². The summed E-state index contributed by atoms with van der Waals surface area (Å²) in [6.45, 7) is 4.70. The molecule has 0 spiro atoms. The lowest BCUT2D eigenvalue weighted by molar-refractivity contribution is -0.136. The highest BCUT2D eigenvalue weighted by Gasteiger charge is 2.26. The van der Waals surface area contributed by atoms with Crippen molar-refractivity contribution in [1.82, 2.24) is 4.90 Å². The molecule has 0 saturated heterocycles. The van der Waals surface area contributed by atoms with Crippen LogP contribution in [0.25, 0.3) is 0 Å². The summed E-state index contributed by atoms with van der Waals surface area (Å²) in [5.41, 5.74) is 7.96. The molecular weight excluding hydrogens is 291 g/mol. The Morgan fingerprint density at radius 2 is 1.87 bits per heavy atom. The standard InChI is InChI=1S/C19H23FN2O/c1-3-22(13-15-8-7-11-17(20)12-15)19(23)14(2)18(21)16-9-5-4-6-10-16/h4-12,14,18H,3,13,21H2,1-2H3. The Labute approximate surface area is 136 Å². The number of nitrogens with zero attached hydrogens (tertiary/aromatic N) is 1. The molecule has 2 aromatic rings. The third kappa shape index (κ3) is 4.39. The number of hydrogen-bond donors (Lipinski definition) is 1. The van der Waals surface area contributed by atoms with E-state index in [1.807, 2.05) is 50.2 Å². The highest BCUT2D eigenvalue weighted by atomic mass is 19.1. The molecule has 23 heavy (non-hydrogen) atoms. The quantitative estimate of drug-likeness (QED) is 0.887. The number of carbonyl (C=O) groups excluding carboxylic acids is 1. The predicted molar refractivity (Wildman–Crippen MR) is 90.0 cm³/mol. The van der Waals surface area contributed by atoms with Gasteiger partial charge in [-0.1, -0.05) is 49.4 Å². The van der Waals surface area contributed by atoms with Gasteiger partial charge in [-0.2, -0.15) is 0 Å². The number of carbonyl (C=O) groups is 1. The number of rotatable bonds is 6. The van der Waals surface area contributed by atoms with E-state index >= 15 is 0 Å². The van der Waals surface area contributed by atoms with Crippen LogP contribution in [0, 0.1) is 11.7 Å². The lowest BCUT2D eigenvalue weighted by Gasteiger charge is -2.28. The fourth-order valence-corrected chi connectivity index (χ4v) is 2.61. The first-order valence-electron chi connectivity index (χ1n) is 7.86. The maximum absolute atomic E-state index is 13.3. The van der Waals surface area contributed by atoms with Gasteiger partial charge in [0.15, 0.2) is 0 Å². The van der Waals surface area contributed by atoms with Gasteiger partial charge < -0.3 is 10.6 Å². The first kappa shape index (κ1) is 17.2. The molecule has 2 aromatic carbocycles. The van der Waals surface area contributed by atoms with E-state index in [2.05, 4.69) is 0 Å². The first-order chi connectivity index (χ1) is 11.0. The van der Waals surface area contributed by atoms with Crippen molar-refractivity contribution in [3.8, 4) is 0 Å². The molecule has 0 fully saturated rings. The highest BCUT2D eigenvalue weighted by molar-refractivity contribution is 5.79. The van der Waals surface area contributed by atoms with Gasteiger partial charge in [0.1, 0.15) is 5.82 Å². The minimum Gasteiger partial charge on any atom is -0.338 e. The molecular formula is C19H23FN2O. The second-order valence-corrected chi connectivity index (χ2v) is 5.71. The second-order valence-electron chi connectivity index (χ2n) is 5.71. The summed E-state index contributed by atoms with van der Waals surface area (Å²) >= 11 is 0. The summed E-state index contributed by atoms with van der Waals surface area (Å²) in [7, 11) is 0. The lowest BCUT2D eigenvalue weighted by Crippen LogP contribution is -2.39. The van der Waals surface area contributed by atoms with Gasteiger partial charge in [0.05, 0.1) is 5.92 Å². The van der Waals surface area contributed by atoms with Crippen molar-refractivity contribution in [2.75, 3.05) is 6.54 Å². The topological polar surface area (TPSA) is 46.3 Å². The SMILES string of the molecule is CCN(Cc1cccc(F)c1)C(=O)C(C)C(N)c1ccccc1. The number of hydrogen-bond acceptors (Lipinski definition) is 2. The van der Waals surface area contributed by atoms with Crippen molar-refractivity contribution in [2.45, 2.75) is 26.4 Å². The molecule has 3 nitrogen and oxygen atoms in total. The van der Waals surface area contributed by atoms with Gasteiger partial charge >= 0.3 is 0 Å². The summed E-state index contributed by atoms with van der Waals surface area (Å²) in [4.78, 5) is 14.4. The summed E-state index contributed by atoms with van der Waals surface area (Å²) < 4.78 is 13.3. The Balaban J connectivity index is 2.09. The van der Waals surface area contributed by atoms with E-state index < -0.39 is 0 Å². The van der Waals surface area contributed by atoms with Gasteiger partial charge in [-0.05, 0) is 30.2 Å². The van der Waals surface area contributed by atoms with Crippen LogP contribution in [0.4, 0.5) is 4.39 Å². The Bertz CT molecular complexity index is 645. The van der Waals surface area contributed by atoms with Crippen molar-refractivity contribution >= 4 is 5.91 Å². The van der Waals surface area contributed by atoms with Gasteiger partial charge in [0.25, 0.3) is 0 Å². The number of benzene rings is 2. The summed E-state index contributed by atoms with van der Waals surface area (Å²) in [6, 6.07) is 15.6. The zero-order valence-electron chi connectivity index (χ0n) is 13.6. The van der Waals surface area contributed by atoms with Crippen molar-refractivity contribution in [3.63, 3.8) is 0 Å². The predicted octanol–water partition coefficient (Wildman–Crippen LogP) is 3.51. The molecule has 0 aliphatic rings. The maximum atomic E-state index is 13.3. The van der Waals surface area contributed by atoms with E-state index in [-0.39, 0.29) is 23.7 Å². The molecule has 2 N–H and O–H groups in total. The minimum atomic E-state index is -0.356. The molecule has 2 atom stereocenters. The van der Waals surface area contributed by atoms with Crippen LogP contribution in [0.15, 0.2) is 54.6 Å². The van der Waals surface area contributed by atoms with E-state index in [1.54, 1.807) is 11.0 Å². The normalized spacial score (nSPS) is 13.4. The molecule has 0 aliphatic carbocycles. The van der Waals surface area contributed by atoms with Gasteiger partial charge in [-0.3, -0.25) is 4.79 Å². The number of nitrogens with two attached hydrogens (primary N) is 1. The van der Waals surface area contributed by atoms with E-state index in [0.717, 1.165) is 11.1 Å². The summed E-state index contributed by atoms with van der Waals surface area (Å²) in [5.74, 6) is -0.654. The number of halogens is 1. The second kappa shape index (κ2) is 7.88. The van der Waals surface area contributed by atoms with Gasteiger partial charge in [0.2, 0.25) is 5.91 Å². The van der Waals surface area contributed by atoms with E-state index in [1.165, 1.54) is 12.1 Å². The van der Waals surface area contributed by atoms with Crippen molar-refractivity contribution in [2.24, 2.45) is 11.7 Å².